The molecule has 1 fully saturated rings. The van der Waals surface area contributed by atoms with Crippen molar-refractivity contribution in [2.45, 2.75) is 31.5 Å². The molecule has 0 aromatic rings. The summed E-state index contributed by atoms with van der Waals surface area (Å²) in [7, 11) is 1.70. The monoisotopic (exact) mass is 266 g/mol. The first-order chi connectivity index (χ1) is 6.72. The summed E-state index contributed by atoms with van der Waals surface area (Å²) in [5.74, 6) is 0. The van der Waals surface area contributed by atoms with Gasteiger partial charge in [-0.2, -0.15) is 0 Å². The molecule has 1 atom stereocenters. The zero-order chi connectivity index (χ0) is 10.4. The van der Waals surface area contributed by atoms with Crippen molar-refractivity contribution < 1.29 is 14.2 Å². The van der Waals surface area contributed by atoms with Crippen LogP contribution in [0.4, 0.5) is 0 Å². The predicted molar refractivity (Wildman–Crippen MR) is 59.0 cm³/mol. The lowest BCUT2D eigenvalue weighted by Crippen LogP contribution is -2.43. The molecule has 1 rings (SSSR count). The van der Waals surface area contributed by atoms with Crippen molar-refractivity contribution in [2.75, 3.05) is 32.3 Å². The molecule has 0 saturated carbocycles. The molecule has 1 aliphatic heterocycles. The zero-order valence-electron chi connectivity index (χ0n) is 8.92. The van der Waals surface area contributed by atoms with Gasteiger partial charge >= 0.3 is 0 Å². The molecule has 1 saturated heterocycles. The molecular formula is C10H19BrO3. The van der Waals surface area contributed by atoms with Gasteiger partial charge in [-0.3, -0.25) is 0 Å². The van der Waals surface area contributed by atoms with Crippen molar-refractivity contribution in [1.29, 1.82) is 0 Å². The van der Waals surface area contributed by atoms with Crippen molar-refractivity contribution >= 4 is 15.9 Å². The Morgan fingerprint density at radius 1 is 1.43 bits per heavy atom. The van der Waals surface area contributed by atoms with E-state index in [4.69, 9.17) is 14.2 Å². The van der Waals surface area contributed by atoms with E-state index in [0.717, 1.165) is 31.4 Å². The molecule has 1 unspecified atom stereocenters. The molecule has 3 nitrogen and oxygen atoms in total. The highest BCUT2D eigenvalue weighted by Gasteiger charge is 2.34. The summed E-state index contributed by atoms with van der Waals surface area (Å²) in [4.78, 5) is 0. The summed E-state index contributed by atoms with van der Waals surface area (Å²) in [6.45, 7) is 4.29. The summed E-state index contributed by atoms with van der Waals surface area (Å²) in [5.41, 5.74) is -0.0454. The summed E-state index contributed by atoms with van der Waals surface area (Å²) >= 11 is 3.53. The lowest BCUT2D eigenvalue weighted by Gasteiger charge is -2.37. The maximum absolute atomic E-state index is 6.02. The Morgan fingerprint density at radius 3 is 2.57 bits per heavy atom. The summed E-state index contributed by atoms with van der Waals surface area (Å²) in [5, 5.41) is 0.872. The van der Waals surface area contributed by atoms with Gasteiger partial charge in [-0.25, -0.2) is 0 Å². The fraction of sp³-hybridized carbons (Fsp3) is 1.00. The van der Waals surface area contributed by atoms with Gasteiger partial charge in [0.1, 0.15) is 0 Å². The second-order valence-corrected chi connectivity index (χ2v) is 4.37. The highest BCUT2D eigenvalue weighted by molar-refractivity contribution is 9.09. The zero-order valence-corrected chi connectivity index (χ0v) is 10.5. The number of halogens is 1. The molecule has 0 aromatic heterocycles. The normalized spacial score (nSPS) is 23.4. The Labute approximate surface area is 94.2 Å². The van der Waals surface area contributed by atoms with Crippen molar-refractivity contribution in [3.05, 3.63) is 0 Å². The smallest absolute Gasteiger partial charge is 0.0827 e. The van der Waals surface area contributed by atoms with Crippen LogP contribution in [-0.2, 0) is 14.2 Å². The largest absolute Gasteiger partial charge is 0.382 e. The number of alkyl halides is 1. The van der Waals surface area contributed by atoms with E-state index in [1.807, 2.05) is 6.92 Å². The molecule has 0 radical (unpaired) electrons. The predicted octanol–water partition coefficient (Wildman–Crippen LogP) is 1.98. The van der Waals surface area contributed by atoms with Crippen molar-refractivity contribution in [3.8, 4) is 0 Å². The van der Waals surface area contributed by atoms with Crippen molar-refractivity contribution in [1.82, 2.24) is 0 Å². The van der Waals surface area contributed by atoms with E-state index in [9.17, 15) is 0 Å². The third-order valence-electron chi connectivity index (χ3n) is 2.50. The van der Waals surface area contributed by atoms with E-state index < -0.39 is 0 Å². The molecule has 1 heterocycles. The van der Waals surface area contributed by atoms with E-state index in [-0.39, 0.29) is 11.7 Å². The number of hydrogen-bond acceptors (Lipinski definition) is 3. The first-order valence-electron chi connectivity index (χ1n) is 5.03. The molecular weight excluding hydrogens is 248 g/mol. The minimum absolute atomic E-state index is 0.0454. The van der Waals surface area contributed by atoms with Gasteiger partial charge in [0.15, 0.2) is 0 Å². The van der Waals surface area contributed by atoms with Gasteiger partial charge < -0.3 is 14.2 Å². The molecule has 4 heteroatoms. The van der Waals surface area contributed by atoms with Crippen LogP contribution in [0.3, 0.4) is 0 Å². The Hall–Kier alpha value is 0.360. The molecule has 0 bridgehead atoms. The molecule has 0 amide bonds. The molecule has 0 N–H and O–H groups in total. The average molecular weight is 267 g/mol. The van der Waals surface area contributed by atoms with E-state index in [2.05, 4.69) is 15.9 Å². The van der Waals surface area contributed by atoms with Crippen molar-refractivity contribution in [3.63, 3.8) is 0 Å². The fourth-order valence-electron chi connectivity index (χ4n) is 1.72. The Balaban J connectivity index is 2.42. The van der Waals surface area contributed by atoms with Crippen LogP contribution in [0.25, 0.3) is 0 Å². The van der Waals surface area contributed by atoms with Gasteiger partial charge in [0.05, 0.1) is 18.3 Å². The minimum Gasteiger partial charge on any atom is -0.382 e. The van der Waals surface area contributed by atoms with E-state index in [0.29, 0.717) is 6.61 Å². The highest BCUT2D eigenvalue weighted by atomic mass is 79.9. The summed E-state index contributed by atoms with van der Waals surface area (Å²) in [6.07, 6.45) is 2.08. The minimum atomic E-state index is -0.0454. The number of hydrogen-bond donors (Lipinski definition) is 0. The van der Waals surface area contributed by atoms with E-state index in [1.165, 1.54) is 0 Å². The van der Waals surface area contributed by atoms with Crippen LogP contribution in [0, 0.1) is 0 Å². The fourth-order valence-corrected chi connectivity index (χ4v) is 2.41. The average Bonchev–Trinajstić information content (AvgIpc) is 2.19. The highest BCUT2D eigenvalue weighted by Crippen LogP contribution is 2.28. The molecule has 84 valence electrons. The third kappa shape index (κ3) is 3.50. The van der Waals surface area contributed by atoms with Gasteiger partial charge in [0.2, 0.25) is 0 Å². The number of rotatable bonds is 5. The Kier molecular flexibility index (Phi) is 5.38. The molecule has 0 aliphatic carbocycles. The number of ether oxygens (including phenoxy) is 3. The molecule has 14 heavy (non-hydrogen) atoms. The second kappa shape index (κ2) is 6.05. The van der Waals surface area contributed by atoms with Crippen LogP contribution < -0.4 is 0 Å². The standard InChI is InChI=1S/C10H19BrO3/c1-9(7-12-2)14-10(8-11)3-5-13-6-4-10/h9H,3-8H2,1-2H3. The van der Waals surface area contributed by atoms with Gasteiger partial charge in [-0.05, 0) is 6.92 Å². The number of methoxy groups -OCH3 is 1. The van der Waals surface area contributed by atoms with Crippen LogP contribution >= 0.6 is 15.9 Å². The van der Waals surface area contributed by atoms with E-state index >= 15 is 0 Å². The van der Waals surface area contributed by atoms with Crippen LogP contribution in [-0.4, -0.2) is 44.0 Å². The quantitative estimate of drug-likeness (QED) is 0.713. The SMILES string of the molecule is COCC(C)OC1(CBr)CCOCC1. The van der Waals surface area contributed by atoms with Gasteiger partial charge in [0.25, 0.3) is 0 Å². The first kappa shape index (κ1) is 12.4. The Bertz CT molecular complexity index is 157. The second-order valence-electron chi connectivity index (χ2n) is 3.81. The lowest BCUT2D eigenvalue weighted by molar-refractivity contribution is -0.137. The molecule has 0 aromatic carbocycles. The van der Waals surface area contributed by atoms with Crippen molar-refractivity contribution in [2.24, 2.45) is 0 Å². The molecule has 0 spiro atoms. The lowest BCUT2D eigenvalue weighted by atomic mass is 9.96. The van der Waals surface area contributed by atoms with E-state index in [1.54, 1.807) is 7.11 Å². The van der Waals surface area contributed by atoms with Gasteiger partial charge in [-0.1, -0.05) is 15.9 Å². The van der Waals surface area contributed by atoms with Crippen LogP contribution in [0.15, 0.2) is 0 Å². The third-order valence-corrected chi connectivity index (χ3v) is 3.52. The molecule has 1 aliphatic rings. The van der Waals surface area contributed by atoms with Gasteiger partial charge in [-0.15, -0.1) is 0 Å². The Morgan fingerprint density at radius 2 is 2.07 bits per heavy atom. The van der Waals surface area contributed by atoms with Crippen LogP contribution in [0.5, 0.6) is 0 Å². The topological polar surface area (TPSA) is 27.7 Å². The summed E-state index contributed by atoms with van der Waals surface area (Å²) in [6, 6.07) is 0. The van der Waals surface area contributed by atoms with Crippen LogP contribution in [0.1, 0.15) is 19.8 Å². The maximum Gasteiger partial charge on any atom is 0.0827 e. The summed E-state index contributed by atoms with van der Waals surface area (Å²) < 4.78 is 16.4. The van der Waals surface area contributed by atoms with Crippen LogP contribution in [0.2, 0.25) is 0 Å². The van der Waals surface area contributed by atoms with Gasteiger partial charge in [0, 0.05) is 38.5 Å². The maximum atomic E-state index is 6.02. The first-order valence-corrected chi connectivity index (χ1v) is 6.15.